The highest BCUT2D eigenvalue weighted by Crippen LogP contribution is 2.24. The van der Waals surface area contributed by atoms with Crippen LogP contribution in [0.1, 0.15) is 5.56 Å². The Bertz CT molecular complexity index is 1240. The molecule has 1 aliphatic heterocycles. The summed E-state index contributed by atoms with van der Waals surface area (Å²) in [5.74, 6) is -0.820. The first-order chi connectivity index (χ1) is 13.0. The van der Waals surface area contributed by atoms with Crippen LogP contribution in [0.5, 0.6) is 5.75 Å². The van der Waals surface area contributed by atoms with E-state index in [1.54, 1.807) is 0 Å². The van der Waals surface area contributed by atoms with E-state index in [-0.39, 0.29) is 33.7 Å². The van der Waals surface area contributed by atoms with E-state index in [2.05, 4.69) is 15.8 Å². The molecule has 0 unspecified atom stereocenters. The smallest absolute Gasteiger partial charge is 0.316 e. The molecule has 136 valence electrons. The number of H-pyrrole nitrogens is 1. The number of aromatic hydroxyl groups is 1. The van der Waals surface area contributed by atoms with Crippen LogP contribution in [0.2, 0.25) is 5.02 Å². The van der Waals surface area contributed by atoms with Gasteiger partial charge >= 0.3 is 5.97 Å². The van der Waals surface area contributed by atoms with Crippen molar-refractivity contribution in [1.82, 2.24) is 15.8 Å². The van der Waals surface area contributed by atoms with Crippen molar-refractivity contribution in [3.63, 3.8) is 0 Å². The quantitative estimate of drug-likeness (QED) is 0.493. The van der Waals surface area contributed by atoms with Crippen molar-refractivity contribution < 1.29 is 14.6 Å². The molecule has 0 atom stereocenters. The molecule has 2 heterocycles. The molecule has 4 N–H and O–H groups in total. The molecule has 0 bridgehead atoms. The van der Waals surface area contributed by atoms with Gasteiger partial charge in [0, 0.05) is 11.2 Å². The Morgan fingerprint density at radius 1 is 1.19 bits per heavy atom. The van der Waals surface area contributed by atoms with E-state index < -0.39 is 11.4 Å². The van der Waals surface area contributed by atoms with E-state index in [4.69, 9.17) is 16.3 Å². The number of carbonyl (C=O) groups is 1. The molecule has 1 aliphatic rings. The Labute approximate surface area is 157 Å². The molecular weight excluding hydrogens is 370 g/mol. The first kappa shape index (κ1) is 17.0. The molecular formula is C19H14ClN3O4. The van der Waals surface area contributed by atoms with Crippen LogP contribution < -0.4 is 26.8 Å². The molecule has 0 amide bonds. The highest BCUT2D eigenvalue weighted by molar-refractivity contribution is 6.31. The molecule has 4 rings (SSSR count). The second-order valence-corrected chi connectivity index (χ2v) is 6.41. The van der Waals surface area contributed by atoms with Gasteiger partial charge in [-0.1, -0.05) is 41.9 Å². The van der Waals surface area contributed by atoms with Gasteiger partial charge in [0.25, 0.3) is 0 Å². The molecule has 7 nitrogen and oxygen atoms in total. The lowest BCUT2D eigenvalue weighted by atomic mass is 10.1. The largest absolute Gasteiger partial charge is 0.507 e. The van der Waals surface area contributed by atoms with Crippen LogP contribution in [-0.2, 0) is 16.0 Å². The maximum absolute atomic E-state index is 12.9. The fourth-order valence-corrected chi connectivity index (χ4v) is 3.16. The Balaban J connectivity index is 1.83. The number of nitrogens with one attached hydrogen (secondary N) is 3. The number of halogens is 1. The minimum atomic E-state index is -0.529. The van der Waals surface area contributed by atoms with Crippen LogP contribution in [0.25, 0.3) is 23.0 Å². The molecule has 0 saturated carbocycles. The zero-order valence-electron chi connectivity index (χ0n) is 13.9. The van der Waals surface area contributed by atoms with Crippen LogP contribution >= 0.6 is 11.6 Å². The summed E-state index contributed by atoms with van der Waals surface area (Å²) in [7, 11) is 0. The maximum atomic E-state index is 12.9. The number of fused-ring (bicyclic) bond motifs is 2. The molecule has 8 heteroatoms. The number of rotatable bonds is 3. The van der Waals surface area contributed by atoms with Crippen LogP contribution in [0, 0.1) is 0 Å². The van der Waals surface area contributed by atoms with Crippen molar-refractivity contribution in [2.45, 2.75) is 6.42 Å². The first-order valence-electron chi connectivity index (χ1n) is 8.08. The first-order valence-corrected chi connectivity index (χ1v) is 8.46. The number of pyridine rings is 1. The summed E-state index contributed by atoms with van der Waals surface area (Å²) in [6, 6.07) is 11.9. The third kappa shape index (κ3) is 3.20. The number of phenolic OH excluding ortho intramolecular Hbond substituents is 1. The summed E-state index contributed by atoms with van der Waals surface area (Å²) in [5, 5.41) is 11.0. The van der Waals surface area contributed by atoms with Gasteiger partial charge in [-0.25, -0.2) is 0 Å². The van der Waals surface area contributed by atoms with E-state index >= 15 is 0 Å². The fraction of sp³-hybridized carbons (Fsp3) is 0.0526. The highest BCUT2D eigenvalue weighted by Gasteiger charge is 2.17. The Kier molecular flexibility index (Phi) is 4.21. The van der Waals surface area contributed by atoms with Crippen molar-refractivity contribution >= 4 is 40.6 Å². The molecule has 1 aromatic heterocycles. The second kappa shape index (κ2) is 6.69. The number of benzene rings is 2. The van der Waals surface area contributed by atoms with Gasteiger partial charge in [0.15, 0.2) is 0 Å². The summed E-state index contributed by atoms with van der Waals surface area (Å²) < 4.78 is 5.37. The van der Waals surface area contributed by atoms with Gasteiger partial charge in [0.2, 0.25) is 11.3 Å². The number of aromatic nitrogens is 1. The minimum absolute atomic E-state index is 0.0362. The number of esters is 1. The van der Waals surface area contributed by atoms with E-state index in [1.807, 2.05) is 30.3 Å². The molecule has 2 aromatic carbocycles. The molecule has 0 spiro atoms. The average Bonchev–Trinajstić information content (AvgIpc) is 2.61. The number of hydrogen-bond donors (Lipinski definition) is 4. The summed E-state index contributed by atoms with van der Waals surface area (Å²) in [6.45, 7) is 0. The van der Waals surface area contributed by atoms with E-state index in [0.717, 1.165) is 5.56 Å². The normalized spacial score (nSPS) is 12.6. The van der Waals surface area contributed by atoms with Crippen LogP contribution in [0.4, 0.5) is 0 Å². The topological polar surface area (TPSA) is 103 Å². The maximum Gasteiger partial charge on any atom is 0.316 e. The number of aromatic amines is 1. The third-order valence-corrected chi connectivity index (χ3v) is 4.33. The fourth-order valence-electron chi connectivity index (χ4n) is 2.94. The summed E-state index contributed by atoms with van der Waals surface area (Å²) in [5.41, 5.74) is 6.07. The standard InChI is InChI=1S/C19H14ClN3O4/c20-11-7-12-16(14(24)8-11)18(26)17-13(22-12)9-21-23-19(17)27-15(25)6-10-4-2-1-3-5-10/h1-5,7-9,21-24H,6H2. The molecule has 0 aliphatic carbocycles. The number of hydrogen-bond acceptors (Lipinski definition) is 6. The SMILES string of the molecule is O=C(Cc1ccccc1)OC1=c2c([nH]c3cc(Cl)cc(O)c3c2=O)=CNN1. The molecule has 0 saturated heterocycles. The van der Waals surface area contributed by atoms with Gasteiger partial charge in [-0.05, 0) is 17.7 Å². The zero-order chi connectivity index (χ0) is 19.0. The van der Waals surface area contributed by atoms with Crippen molar-refractivity contribution in [1.29, 1.82) is 0 Å². The molecule has 0 fully saturated rings. The Hall–Kier alpha value is -3.45. The molecule has 27 heavy (non-hydrogen) atoms. The average molecular weight is 384 g/mol. The van der Waals surface area contributed by atoms with Gasteiger partial charge in [0.05, 0.1) is 22.7 Å². The third-order valence-electron chi connectivity index (χ3n) is 4.11. The van der Waals surface area contributed by atoms with Crippen molar-refractivity contribution in [2.75, 3.05) is 0 Å². The highest BCUT2D eigenvalue weighted by atomic mass is 35.5. The number of ether oxygens (including phenoxy) is 1. The van der Waals surface area contributed by atoms with Crippen molar-refractivity contribution in [3.8, 4) is 5.75 Å². The lowest BCUT2D eigenvalue weighted by molar-refractivity contribution is -0.136. The van der Waals surface area contributed by atoms with E-state index in [1.165, 1.54) is 18.3 Å². The number of hydrazine groups is 1. The van der Waals surface area contributed by atoms with Crippen LogP contribution in [0.15, 0.2) is 47.3 Å². The summed E-state index contributed by atoms with van der Waals surface area (Å²) >= 11 is 5.94. The second-order valence-electron chi connectivity index (χ2n) is 5.97. The monoisotopic (exact) mass is 383 g/mol. The van der Waals surface area contributed by atoms with Gasteiger partial charge in [-0.15, -0.1) is 0 Å². The summed E-state index contributed by atoms with van der Waals surface area (Å²) in [4.78, 5) is 28.2. The minimum Gasteiger partial charge on any atom is -0.507 e. The van der Waals surface area contributed by atoms with Crippen molar-refractivity contribution in [3.05, 3.63) is 73.8 Å². The number of phenols is 1. The van der Waals surface area contributed by atoms with Gasteiger partial charge in [-0.3, -0.25) is 15.0 Å². The lowest BCUT2D eigenvalue weighted by Gasteiger charge is -2.15. The van der Waals surface area contributed by atoms with Gasteiger partial charge < -0.3 is 20.3 Å². The molecule has 3 aromatic rings. The number of carbonyl (C=O) groups excluding carboxylic acids is 1. The van der Waals surface area contributed by atoms with Crippen molar-refractivity contribution in [2.24, 2.45) is 0 Å². The summed E-state index contributed by atoms with van der Waals surface area (Å²) in [6.07, 6.45) is 1.57. The van der Waals surface area contributed by atoms with E-state index in [0.29, 0.717) is 10.9 Å². The lowest BCUT2D eigenvalue weighted by Crippen LogP contribution is -2.52. The molecule has 0 radical (unpaired) electrons. The van der Waals surface area contributed by atoms with Crippen LogP contribution in [-0.4, -0.2) is 16.1 Å². The Morgan fingerprint density at radius 3 is 2.74 bits per heavy atom. The van der Waals surface area contributed by atoms with Gasteiger partial charge in [0.1, 0.15) is 11.0 Å². The van der Waals surface area contributed by atoms with E-state index in [9.17, 15) is 14.7 Å². The predicted molar refractivity (Wildman–Crippen MR) is 101 cm³/mol. The zero-order valence-corrected chi connectivity index (χ0v) is 14.6. The Morgan fingerprint density at radius 2 is 1.96 bits per heavy atom. The predicted octanol–water partition coefficient (Wildman–Crippen LogP) is 0.584. The van der Waals surface area contributed by atoms with Gasteiger partial charge in [-0.2, -0.15) is 0 Å². The van der Waals surface area contributed by atoms with Crippen LogP contribution in [0.3, 0.4) is 0 Å².